The van der Waals surface area contributed by atoms with E-state index in [4.69, 9.17) is 19.2 Å². The van der Waals surface area contributed by atoms with Crippen molar-refractivity contribution in [3.05, 3.63) is 110 Å². The smallest absolute Gasteiger partial charge is 0.270 e. The van der Waals surface area contributed by atoms with E-state index in [9.17, 15) is 0 Å². The highest BCUT2D eigenvalue weighted by Crippen LogP contribution is 2.43. The highest BCUT2D eigenvalue weighted by molar-refractivity contribution is 6.99. The normalized spacial score (nSPS) is 12.9. The van der Waals surface area contributed by atoms with Crippen LogP contribution in [0.4, 0.5) is 0 Å². The predicted octanol–water partition coefficient (Wildman–Crippen LogP) is 7.08. The third kappa shape index (κ3) is 3.23. The molecule has 0 bridgehead atoms. The Labute approximate surface area is 226 Å². The van der Waals surface area contributed by atoms with E-state index in [1.165, 1.54) is 0 Å². The fraction of sp³-hybridized carbons (Fsp3) is 0.0294. The molecule has 39 heavy (non-hydrogen) atoms. The minimum atomic E-state index is 0.0323. The Morgan fingerprint density at radius 3 is 1.74 bits per heavy atom. The van der Waals surface area contributed by atoms with Crippen LogP contribution in [0.15, 0.2) is 110 Å². The number of para-hydroxylation sites is 1. The van der Waals surface area contributed by atoms with Crippen LogP contribution in [0.25, 0.3) is 32.9 Å². The van der Waals surface area contributed by atoms with Crippen molar-refractivity contribution in [2.75, 3.05) is 0 Å². The van der Waals surface area contributed by atoms with Gasteiger partial charge in [-0.25, -0.2) is 4.98 Å². The molecular formula is C34H22BNO3. The molecule has 184 valence electrons. The van der Waals surface area contributed by atoms with E-state index in [0.717, 1.165) is 83.8 Å². The van der Waals surface area contributed by atoms with Gasteiger partial charge in [0.2, 0.25) is 0 Å². The number of allylic oxidation sites excluding steroid dienone is 1. The Morgan fingerprint density at radius 2 is 1.10 bits per heavy atom. The number of nitrogens with zero attached hydrogens (tertiary/aromatic N) is 1. The average Bonchev–Trinajstić information content (AvgIpc) is 2.96. The number of ether oxygens (including phenoxy) is 3. The second-order valence-electron chi connectivity index (χ2n) is 9.96. The molecule has 6 aromatic rings. The van der Waals surface area contributed by atoms with E-state index in [1.54, 1.807) is 6.08 Å². The first-order chi connectivity index (χ1) is 19.2. The van der Waals surface area contributed by atoms with Crippen molar-refractivity contribution in [2.24, 2.45) is 0 Å². The Hall–Kier alpha value is -5.03. The summed E-state index contributed by atoms with van der Waals surface area (Å²) in [5.41, 5.74) is 7.34. The Morgan fingerprint density at radius 1 is 0.564 bits per heavy atom. The molecule has 4 nitrogen and oxygen atoms in total. The van der Waals surface area contributed by atoms with E-state index >= 15 is 0 Å². The van der Waals surface area contributed by atoms with Crippen LogP contribution in [-0.4, -0.2) is 11.7 Å². The van der Waals surface area contributed by atoms with Gasteiger partial charge in [0.1, 0.15) is 34.5 Å². The van der Waals surface area contributed by atoms with E-state index in [-0.39, 0.29) is 6.71 Å². The van der Waals surface area contributed by atoms with E-state index < -0.39 is 0 Å². The van der Waals surface area contributed by atoms with Crippen LogP contribution in [-0.2, 0) is 0 Å². The topological polar surface area (TPSA) is 40.6 Å². The lowest BCUT2D eigenvalue weighted by Gasteiger charge is -2.37. The minimum Gasteiger partial charge on any atom is -0.458 e. The number of aromatic nitrogens is 1. The van der Waals surface area contributed by atoms with Crippen molar-refractivity contribution in [2.45, 2.75) is 6.92 Å². The van der Waals surface area contributed by atoms with Crippen LogP contribution in [0.1, 0.15) is 6.92 Å². The summed E-state index contributed by atoms with van der Waals surface area (Å²) in [7, 11) is 0. The van der Waals surface area contributed by atoms with Gasteiger partial charge in [0.15, 0.2) is 0 Å². The summed E-state index contributed by atoms with van der Waals surface area (Å²) in [6, 6.07) is 33.1. The zero-order valence-corrected chi connectivity index (χ0v) is 21.3. The maximum atomic E-state index is 6.48. The molecule has 1 aromatic heterocycles. The maximum absolute atomic E-state index is 6.48. The summed E-state index contributed by atoms with van der Waals surface area (Å²) in [6.07, 6.45) is 1.75. The van der Waals surface area contributed by atoms with Gasteiger partial charge in [-0.1, -0.05) is 42.5 Å². The summed E-state index contributed by atoms with van der Waals surface area (Å²) in [5, 5.41) is 2.24. The van der Waals surface area contributed by atoms with Crippen LogP contribution < -0.4 is 30.6 Å². The molecule has 5 heteroatoms. The molecule has 4 heterocycles. The first-order valence-corrected chi connectivity index (χ1v) is 13.1. The summed E-state index contributed by atoms with van der Waals surface area (Å²) < 4.78 is 19.2. The molecule has 0 aliphatic carbocycles. The van der Waals surface area contributed by atoms with Gasteiger partial charge in [-0.2, -0.15) is 0 Å². The molecular weight excluding hydrogens is 481 g/mol. The lowest BCUT2D eigenvalue weighted by Crippen LogP contribution is -2.59. The quantitative estimate of drug-likeness (QED) is 0.136. The molecule has 0 atom stereocenters. The Kier molecular flexibility index (Phi) is 4.65. The Balaban J connectivity index is 0.000000752. The van der Waals surface area contributed by atoms with E-state index in [1.807, 2.05) is 55.5 Å². The summed E-state index contributed by atoms with van der Waals surface area (Å²) in [6.45, 7) is 5.28. The third-order valence-electron chi connectivity index (χ3n) is 7.53. The number of fused-ring (bicyclic) bond motifs is 2. The number of hydrogen-bond donors (Lipinski definition) is 0. The van der Waals surface area contributed by atoms with Crippen molar-refractivity contribution in [1.29, 1.82) is 0 Å². The van der Waals surface area contributed by atoms with Crippen molar-refractivity contribution in [3.8, 4) is 45.6 Å². The number of benzene rings is 5. The molecule has 0 fully saturated rings. The zero-order chi connectivity index (χ0) is 26.1. The van der Waals surface area contributed by atoms with Crippen molar-refractivity contribution < 1.29 is 14.2 Å². The standard InChI is InChI=1S/C31H16BNO3.C3H6/c1-2-6-21-18(5-1)14-20-13-17(11-12-22(20)33-21)19-15-27-31-28(16-19)36-26-10-4-8-24-30(26)32(31)29-23(34-24)7-3-9-25(29)35-27;1-3-2/h1-16H;3H,1H2,2H3. The number of pyridine rings is 1. The maximum Gasteiger partial charge on any atom is 0.270 e. The first-order valence-electron chi connectivity index (χ1n) is 13.1. The number of rotatable bonds is 1. The van der Waals surface area contributed by atoms with Crippen LogP contribution in [0.3, 0.4) is 0 Å². The first kappa shape index (κ1) is 22.0. The van der Waals surface area contributed by atoms with Gasteiger partial charge < -0.3 is 14.2 Å². The Bertz CT molecular complexity index is 1920. The van der Waals surface area contributed by atoms with Gasteiger partial charge in [-0.15, -0.1) is 6.58 Å². The van der Waals surface area contributed by atoms with Gasteiger partial charge in [-0.3, -0.25) is 0 Å². The van der Waals surface area contributed by atoms with Crippen molar-refractivity contribution >= 4 is 44.9 Å². The lowest BCUT2D eigenvalue weighted by molar-refractivity contribution is 0.443. The van der Waals surface area contributed by atoms with Gasteiger partial charge in [-0.05, 0) is 78.7 Å². The van der Waals surface area contributed by atoms with Gasteiger partial charge in [0.05, 0.1) is 11.0 Å². The summed E-state index contributed by atoms with van der Waals surface area (Å²) in [5.74, 6) is 5.03. The highest BCUT2D eigenvalue weighted by atomic mass is 16.5. The van der Waals surface area contributed by atoms with Gasteiger partial charge >= 0.3 is 0 Å². The van der Waals surface area contributed by atoms with E-state index in [0.29, 0.717) is 0 Å². The number of hydrogen-bond acceptors (Lipinski definition) is 4. The lowest BCUT2D eigenvalue weighted by atomic mass is 9.34. The molecule has 3 aliphatic heterocycles. The predicted molar refractivity (Wildman–Crippen MR) is 158 cm³/mol. The van der Waals surface area contributed by atoms with Crippen LogP contribution in [0.5, 0.6) is 34.5 Å². The molecule has 0 unspecified atom stereocenters. The zero-order valence-electron chi connectivity index (χ0n) is 21.3. The summed E-state index contributed by atoms with van der Waals surface area (Å²) >= 11 is 0. The fourth-order valence-electron chi connectivity index (χ4n) is 5.94. The molecule has 5 aromatic carbocycles. The van der Waals surface area contributed by atoms with Crippen molar-refractivity contribution in [3.63, 3.8) is 0 Å². The molecule has 0 N–H and O–H groups in total. The highest BCUT2D eigenvalue weighted by Gasteiger charge is 2.46. The van der Waals surface area contributed by atoms with Crippen molar-refractivity contribution in [1.82, 2.24) is 4.98 Å². The molecule has 9 rings (SSSR count). The van der Waals surface area contributed by atoms with Crippen LogP contribution in [0.2, 0.25) is 0 Å². The largest absolute Gasteiger partial charge is 0.458 e. The average molecular weight is 503 g/mol. The van der Waals surface area contributed by atoms with Gasteiger partial charge in [0, 0.05) is 27.2 Å². The van der Waals surface area contributed by atoms with E-state index in [2.05, 4.69) is 55.1 Å². The molecule has 0 saturated heterocycles. The SMILES string of the molecule is C=CC.c1cc2c3c(c1)Oc1cc(-c4ccc5nc6ccccc6cc5c4)cc4c1B3c1c(cccc1O4)O2. The molecule has 0 amide bonds. The van der Waals surface area contributed by atoms with Crippen LogP contribution in [0, 0.1) is 0 Å². The van der Waals surface area contributed by atoms with Gasteiger partial charge in [0.25, 0.3) is 6.71 Å². The molecule has 0 saturated carbocycles. The monoisotopic (exact) mass is 503 g/mol. The second-order valence-corrected chi connectivity index (χ2v) is 9.96. The minimum absolute atomic E-state index is 0.0323. The third-order valence-corrected chi connectivity index (χ3v) is 7.53. The second kappa shape index (κ2) is 8.24. The fourth-order valence-corrected chi connectivity index (χ4v) is 5.94. The summed E-state index contributed by atoms with van der Waals surface area (Å²) in [4.78, 5) is 4.84. The molecule has 0 spiro atoms. The molecule has 0 radical (unpaired) electrons. The van der Waals surface area contributed by atoms with Crippen LogP contribution >= 0.6 is 0 Å². The molecule has 3 aliphatic rings.